The first-order valence-corrected chi connectivity index (χ1v) is 14.1. The normalized spacial score (nSPS) is 23.3. The SMILES string of the molecule is Fc1ccc(CCCC2CCN(C3CN(CCC4CCC4)C[C@@H]3c3cccc(F)c3)CC2)cc1.O=CO. The Kier molecular flexibility index (Phi) is 10.5. The molecule has 6 heteroatoms. The third-order valence-corrected chi connectivity index (χ3v) is 8.83. The molecule has 0 aromatic heterocycles. The fourth-order valence-corrected chi connectivity index (χ4v) is 6.45. The second-order valence-corrected chi connectivity index (χ2v) is 11.2. The summed E-state index contributed by atoms with van der Waals surface area (Å²) in [5.41, 5.74) is 2.42. The molecule has 1 unspecified atom stereocenters. The van der Waals surface area contributed by atoms with Crippen LogP contribution in [0.15, 0.2) is 48.5 Å². The number of likely N-dealkylation sites (tertiary alicyclic amines) is 2. The lowest BCUT2D eigenvalue weighted by Gasteiger charge is -2.38. The van der Waals surface area contributed by atoms with E-state index in [2.05, 4.69) is 15.9 Å². The van der Waals surface area contributed by atoms with Gasteiger partial charge in [-0.25, -0.2) is 8.78 Å². The largest absolute Gasteiger partial charge is 0.483 e. The minimum absolute atomic E-state index is 0.107. The zero-order valence-electron chi connectivity index (χ0n) is 21.9. The number of hydrogen-bond acceptors (Lipinski definition) is 3. The number of benzene rings is 2. The van der Waals surface area contributed by atoms with E-state index in [1.807, 2.05) is 18.2 Å². The molecule has 2 aliphatic heterocycles. The quantitative estimate of drug-likeness (QED) is 0.397. The van der Waals surface area contributed by atoms with Crippen LogP contribution >= 0.6 is 0 Å². The van der Waals surface area contributed by atoms with Crippen LogP contribution in [-0.4, -0.2) is 60.1 Å². The Labute approximate surface area is 220 Å². The number of piperidine rings is 1. The van der Waals surface area contributed by atoms with Crippen LogP contribution in [0.3, 0.4) is 0 Å². The summed E-state index contributed by atoms with van der Waals surface area (Å²) < 4.78 is 27.2. The van der Waals surface area contributed by atoms with Gasteiger partial charge in [-0.05, 0) is 99.0 Å². The van der Waals surface area contributed by atoms with Gasteiger partial charge in [0.25, 0.3) is 6.47 Å². The average Bonchev–Trinajstić information content (AvgIpc) is 3.30. The van der Waals surface area contributed by atoms with Crippen molar-refractivity contribution >= 4 is 6.47 Å². The molecule has 202 valence electrons. The van der Waals surface area contributed by atoms with Gasteiger partial charge in [-0.3, -0.25) is 9.69 Å². The lowest BCUT2D eigenvalue weighted by atomic mass is 9.83. The first kappa shape index (κ1) is 27.7. The van der Waals surface area contributed by atoms with E-state index in [9.17, 15) is 8.78 Å². The van der Waals surface area contributed by atoms with Crippen LogP contribution in [-0.2, 0) is 11.2 Å². The highest BCUT2D eigenvalue weighted by Crippen LogP contribution is 2.36. The van der Waals surface area contributed by atoms with Crippen LogP contribution in [0, 0.1) is 23.5 Å². The standard InChI is InChI=1S/C30H40F2N2.CH2O2/c31-27-12-10-24(11-13-27)6-2-7-25-15-18-34(19-16-25)30-22-33(17-14-23-4-1-5-23)21-29(30)26-8-3-9-28(32)20-26;2-1-3/h3,8-13,20,23,25,29-30H,1-2,4-7,14-19,21-22H2;1H,(H,2,3)/t29-,30?;/m1./s1. The summed E-state index contributed by atoms with van der Waals surface area (Å²) in [5, 5.41) is 6.89. The van der Waals surface area contributed by atoms with Gasteiger partial charge in [-0.2, -0.15) is 0 Å². The van der Waals surface area contributed by atoms with Gasteiger partial charge in [0, 0.05) is 25.0 Å². The number of aryl methyl sites for hydroxylation is 1. The predicted octanol–water partition coefficient (Wildman–Crippen LogP) is 6.36. The molecule has 4 nitrogen and oxygen atoms in total. The summed E-state index contributed by atoms with van der Waals surface area (Å²) in [6.45, 7) is 5.47. The maximum atomic E-state index is 14.1. The average molecular weight is 513 g/mol. The van der Waals surface area contributed by atoms with E-state index in [1.54, 1.807) is 24.3 Å². The summed E-state index contributed by atoms with van der Waals surface area (Å²) in [6.07, 6.45) is 11.6. The van der Waals surface area contributed by atoms with E-state index in [-0.39, 0.29) is 18.1 Å². The maximum Gasteiger partial charge on any atom is 0.290 e. The first-order valence-electron chi connectivity index (χ1n) is 14.1. The molecular weight excluding hydrogens is 470 g/mol. The lowest BCUT2D eigenvalue weighted by Crippen LogP contribution is -2.45. The van der Waals surface area contributed by atoms with Gasteiger partial charge in [-0.1, -0.05) is 49.9 Å². The molecule has 0 amide bonds. The van der Waals surface area contributed by atoms with Gasteiger partial charge >= 0.3 is 0 Å². The molecule has 1 saturated carbocycles. The Hall–Kier alpha value is -2.31. The highest BCUT2D eigenvalue weighted by atomic mass is 19.1. The molecule has 2 heterocycles. The summed E-state index contributed by atoms with van der Waals surface area (Å²) in [5.74, 6) is 1.88. The van der Waals surface area contributed by atoms with Gasteiger partial charge in [0.15, 0.2) is 0 Å². The fourth-order valence-electron chi connectivity index (χ4n) is 6.45. The number of nitrogens with zero attached hydrogens (tertiary/aromatic N) is 2. The zero-order chi connectivity index (χ0) is 26.0. The van der Waals surface area contributed by atoms with Crippen molar-refractivity contribution in [3.8, 4) is 0 Å². The second kappa shape index (κ2) is 14.0. The third kappa shape index (κ3) is 8.08. The Morgan fingerprint density at radius 2 is 1.59 bits per heavy atom. The number of carbonyl (C=O) groups is 1. The van der Waals surface area contributed by atoms with Gasteiger partial charge in [0.1, 0.15) is 11.6 Å². The fraction of sp³-hybridized carbons (Fsp3) is 0.581. The molecule has 0 bridgehead atoms. The molecule has 2 aromatic rings. The van der Waals surface area contributed by atoms with Crippen molar-refractivity contribution in [1.29, 1.82) is 0 Å². The predicted molar refractivity (Wildman–Crippen MR) is 144 cm³/mol. The molecule has 1 N–H and O–H groups in total. The summed E-state index contributed by atoms with van der Waals surface area (Å²) in [6, 6.07) is 14.8. The molecule has 2 aromatic carbocycles. The monoisotopic (exact) mass is 512 g/mol. The Morgan fingerprint density at radius 3 is 2.24 bits per heavy atom. The molecule has 37 heavy (non-hydrogen) atoms. The highest BCUT2D eigenvalue weighted by molar-refractivity contribution is 5.32. The highest BCUT2D eigenvalue weighted by Gasteiger charge is 2.39. The molecule has 1 aliphatic carbocycles. The smallest absolute Gasteiger partial charge is 0.290 e. The number of carboxylic acid groups (broad SMARTS) is 1. The zero-order valence-corrected chi connectivity index (χ0v) is 21.9. The van der Waals surface area contributed by atoms with Gasteiger partial charge in [-0.15, -0.1) is 0 Å². The molecule has 2 saturated heterocycles. The third-order valence-electron chi connectivity index (χ3n) is 8.83. The lowest BCUT2D eigenvalue weighted by molar-refractivity contribution is -0.122. The van der Waals surface area contributed by atoms with E-state index in [4.69, 9.17) is 9.90 Å². The molecule has 0 spiro atoms. The topological polar surface area (TPSA) is 43.8 Å². The van der Waals surface area contributed by atoms with Crippen LogP contribution in [0.4, 0.5) is 8.78 Å². The molecule has 3 fully saturated rings. The van der Waals surface area contributed by atoms with Crippen molar-refractivity contribution in [2.24, 2.45) is 11.8 Å². The number of hydrogen-bond donors (Lipinski definition) is 1. The van der Waals surface area contributed by atoms with Crippen LogP contribution in [0.1, 0.15) is 68.4 Å². The van der Waals surface area contributed by atoms with Crippen LogP contribution < -0.4 is 0 Å². The first-order chi connectivity index (χ1) is 18.1. The van der Waals surface area contributed by atoms with E-state index < -0.39 is 0 Å². The summed E-state index contributed by atoms with van der Waals surface area (Å²) in [7, 11) is 0. The van der Waals surface area contributed by atoms with Crippen molar-refractivity contribution in [2.45, 2.75) is 69.7 Å². The number of rotatable bonds is 9. The molecule has 2 atom stereocenters. The Morgan fingerprint density at radius 1 is 0.892 bits per heavy atom. The minimum atomic E-state index is -0.250. The molecule has 3 aliphatic rings. The van der Waals surface area contributed by atoms with Crippen molar-refractivity contribution in [3.05, 3.63) is 71.3 Å². The van der Waals surface area contributed by atoms with Crippen LogP contribution in [0.5, 0.6) is 0 Å². The van der Waals surface area contributed by atoms with E-state index in [0.29, 0.717) is 12.0 Å². The van der Waals surface area contributed by atoms with E-state index in [1.165, 1.54) is 69.0 Å². The van der Waals surface area contributed by atoms with E-state index >= 15 is 0 Å². The van der Waals surface area contributed by atoms with Crippen molar-refractivity contribution in [2.75, 3.05) is 32.7 Å². The van der Waals surface area contributed by atoms with E-state index in [0.717, 1.165) is 44.4 Å². The van der Waals surface area contributed by atoms with Crippen LogP contribution in [0.25, 0.3) is 0 Å². The van der Waals surface area contributed by atoms with Gasteiger partial charge in [0.05, 0.1) is 0 Å². The van der Waals surface area contributed by atoms with Crippen molar-refractivity contribution < 1.29 is 18.7 Å². The van der Waals surface area contributed by atoms with Gasteiger partial charge in [0.2, 0.25) is 0 Å². The van der Waals surface area contributed by atoms with Crippen molar-refractivity contribution in [1.82, 2.24) is 9.80 Å². The summed E-state index contributed by atoms with van der Waals surface area (Å²) >= 11 is 0. The second-order valence-electron chi connectivity index (χ2n) is 11.2. The molecule has 0 radical (unpaired) electrons. The van der Waals surface area contributed by atoms with Crippen LogP contribution in [0.2, 0.25) is 0 Å². The Balaban J connectivity index is 0.00000102. The summed E-state index contributed by atoms with van der Waals surface area (Å²) in [4.78, 5) is 13.7. The minimum Gasteiger partial charge on any atom is -0.483 e. The van der Waals surface area contributed by atoms with Crippen molar-refractivity contribution in [3.63, 3.8) is 0 Å². The number of halogens is 2. The Bertz CT molecular complexity index is 958. The molecular formula is C31H42F2N2O2. The van der Waals surface area contributed by atoms with Gasteiger partial charge < -0.3 is 10.0 Å². The maximum absolute atomic E-state index is 14.1. The molecule has 5 rings (SSSR count).